The van der Waals surface area contributed by atoms with Crippen LogP contribution in [0.1, 0.15) is 25.0 Å². The lowest BCUT2D eigenvalue weighted by atomic mass is 9.81. The Morgan fingerprint density at radius 2 is 0.961 bits per heavy atom. The van der Waals surface area contributed by atoms with Gasteiger partial charge in [-0.15, -0.1) is 0 Å². The minimum absolute atomic E-state index is 0.112. The number of hydrogen-bond acceptors (Lipinski definition) is 3. The molecular weight excluding hydrogens is 619 g/mol. The second-order valence-electron chi connectivity index (χ2n) is 14.0. The summed E-state index contributed by atoms with van der Waals surface area (Å²) in [7, 11) is 0. The van der Waals surface area contributed by atoms with Gasteiger partial charge in [0.1, 0.15) is 0 Å². The highest BCUT2D eigenvalue weighted by molar-refractivity contribution is 6.13. The third kappa shape index (κ3) is 4.69. The summed E-state index contributed by atoms with van der Waals surface area (Å²) in [5, 5.41) is 4.57. The second kappa shape index (κ2) is 11.3. The van der Waals surface area contributed by atoms with E-state index in [1.54, 1.807) is 0 Å². The molecule has 1 aliphatic carbocycles. The molecule has 0 spiro atoms. The molecule has 3 nitrogen and oxygen atoms in total. The van der Waals surface area contributed by atoms with E-state index in [-0.39, 0.29) is 5.41 Å². The molecular formula is C48H33N3. The van der Waals surface area contributed by atoms with E-state index in [0.717, 1.165) is 55.3 Å². The largest absolute Gasteiger partial charge is 0.247 e. The van der Waals surface area contributed by atoms with Gasteiger partial charge in [-0.25, -0.2) is 15.0 Å². The minimum Gasteiger partial charge on any atom is -0.247 e. The lowest BCUT2D eigenvalue weighted by Gasteiger charge is -2.22. The Balaban J connectivity index is 1.14. The van der Waals surface area contributed by atoms with Crippen LogP contribution in [0.15, 0.2) is 164 Å². The van der Waals surface area contributed by atoms with Crippen LogP contribution in [-0.4, -0.2) is 15.0 Å². The highest BCUT2D eigenvalue weighted by Gasteiger charge is 2.36. The lowest BCUT2D eigenvalue weighted by Crippen LogP contribution is -2.14. The molecule has 0 aliphatic heterocycles. The Bertz CT molecular complexity index is 2820. The average molecular weight is 652 g/mol. The third-order valence-electron chi connectivity index (χ3n) is 10.7. The summed E-state index contributed by atoms with van der Waals surface area (Å²) >= 11 is 0. The van der Waals surface area contributed by atoms with Crippen molar-refractivity contribution >= 4 is 32.6 Å². The molecule has 0 fully saturated rings. The lowest BCUT2D eigenvalue weighted by molar-refractivity contribution is 0.661. The van der Waals surface area contributed by atoms with Gasteiger partial charge in [0.25, 0.3) is 0 Å². The molecule has 3 heteroatoms. The summed E-state index contributed by atoms with van der Waals surface area (Å²) in [6.07, 6.45) is 0. The molecule has 9 aromatic rings. The Morgan fingerprint density at radius 1 is 0.353 bits per heavy atom. The molecule has 0 saturated carbocycles. The SMILES string of the molecule is CC1(C)c2ccccc2-c2cc3c(cc21)c(-c1cccc(-c2nc(-c4ccc(-c5ccccc5)cc4)c4ccccc4n2)c1)nc1ccccc13. The maximum Gasteiger partial charge on any atom is 0.160 e. The fourth-order valence-corrected chi connectivity index (χ4v) is 8.05. The molecule has 0 saturated heterocycles. The number of nitrogens with zero attached hydrogens (tertiary/aromatic N) is 3. The van der Waals surface area contributed by atoms with Crippen molar-refractivity contribution < 1.29 is 0 Å². The number of pyridine rings is 1. The molecule has 240 valence electrons. The maximum atomic E-state index is 5.34. The van der Waals surface area contributed by atoms with E-state index < -0.39 is 0 Å². The minimum atomic E-state index is -0.112. The fraction of sp³-hybridized carbons (Fsp3) is 0.0625. The Hall–Kier alpha value is -6.45. The summed E-state index contributed by atoms with van der Waals surface area (Å²) < 4.78 is 0. The van der Waals surface area contributed by atoms with Crippen LogP contribution < -0.4 is 0 Å². The first kappa shape index (κ1) is 29.5. The van der Waals surface area contributed by atoms with Gasteiger partial charge in [-0.2, -0.15) is 0 Å². The molecule has 2 heterocycles. The summed E-state index contributed by atoms with van der Waals surface area (Å²) in [4.78, 5) is 15.7. The molecule has 1 aliphatic rings. The molecule has 7 aromatic carbocycles. The Kier molecular flexibility index (Phi) is 6.53. The smallest absolute Gasteiger partial charge is 0.160 e. The number of benzene rings is 7. The maximum absolute atomic E-state index is 5.34. The predicted octanol–water partition coefficient (Wildman–Crippen LogP) is 12.3. The second-order valence-corrected chi connectivity index (χ2v) is 14.0. The molecule has 0 bridgehead atoms. The Morgan fingerprint density at radius 3 is 1.78 bits per heavy atom. The van der Waals surface area contributed by atoms with Gasteiger partial charge in [0.2, 0.25) is 0 Å². The van der Waals surface area contributed by atoms with Gasteiger partial charge in [-0.3, -0.25) is 0 Å². The molecule has 51 heavy (non-hydrogen) atoms. The Labute approximate surface area is 297 Å². The van der Waals surface area contributed by atoms with Crippen LogP contribution in [0.3, 0.4) is 0 Å². The zero-order chi connectivity index (χ0) is 34.1. The highest BCUT2D eigenvalue weighted by Crippen LogP contribution is 2.51. The van der Waals surface area contributed by atoms with Gasteiger partial charge in [-0.05, 0) is 69.1 Å². The van der Waals surface area contributed by atoms with E-state index in [9.17, 15) is 0 Å². The first-order valence-corrected chi connectivity index (χ1v) is 17.5. The van der Waals surface area contributed by atoms with Crippen molar-refractivity contribution in [2.24, 2.45) is 0 Å². The van der Waals surface area contributed by atoms with Crippen LogP contribution in [-0.2, 0) is 5.41 Å². The zero-order valence-electron chi connectivity index (χ0n) is 28.4. The van der Waals surface area contributed by atoms with Crippen molar-refractivity contribution in [3.05, 3.63) is 175 Å². The zero-order valence-corrected chi connectivity index (χ0v) is 28.4. The molecule has 0 N–H and O–H groups in total. The topological polar surface area (TPSA) is 38.7 Å². The summed E-state index contributed by atoms with van der Waals surface area (Å²) in [6.45, 7) is 4.67. The summed E-state index contributed by atoms with van der Waals surface area (Å²) in [5.74, 6) is 0.695. The van der Waals surface area contributed by atoms with Crippen molar-refractivity contribution in [3.63, 3.8) is 0 Å². The monoisotopic (exact) mass is 651 g/mol. The summed E-state index contributed by atoms with van der Waals surface area (Å²) in [5.41, 5.74) is 14.5. The van der Waals surface area contributed by atoms with Gasteiger partial charge in [0, 0.05) is 38.3 Å². The normalized spacial score (nSPS) is 13.1. The summed E-state index contributed by atoms with van der Waals surface area (Å²) in [6, 6.07) is 58.2. The number of rotatable bonds is 4. The van der Waals surface area contributed by atoms with Crippen LogP contribution in [0.5, 0.6) is 0 Å². The molecule has 0 atom stereocenters. The van der Waals surface area contributed by atoms with Crippen LogP contribution in [0.4, 0.5) is 0 Å². The molecule has 0 amide bonds. The van der Waals surface area contributed by atoms with E-state index in [4.69, 9.17) is 15.0 Å². The molecule has 0 unspecified atom stereocenters. The number of para-hydroxylation sites is 2. The van der Waals surface area contributed by atoms with Crippen molar-refractivity contribution in [3.8, 4) is 56.2 Å². The van der Waals surface area contributed by atoms with Crippen LogP contribution >= 0.6 is 0 Å². The fourth-order valence-electron chi connectivity index (χ4n) is 8.05. The van der Waals surface area contributed by atoms with Gasteiger partial charge in [0.05, 0.1) is 22.4 Å². The number of fused-ring (bicyclic) bond motifs is 7. The van der Waals surface area contributed by atoms with Gasteiger partial charge >= 0.3 is 0 Å². The van der Waals surface area contributed by atoms with Crippen molar-refractivity contribution in [2.45, 2.75) is 19.3 Å². The predicted molar refractivity (Wildman–Crippen MR) is 212 cm³/mol. The van der Waals surface area contributed by atoms with E-state index in [1.807, 2.05) is 12.1 Å². The van der Waals surface area contributed by atoms with E-state index >= 15 is 0 Å². The molecule has 10 rings (SSSR count). The molecule has 2 aromatic heterocycles. The standard InChI is InChI=1S/C48H33N3/c1-48(2)41-20-9-6-17-35(41)39-28-38-36-18-7-10-21-43(36)49-46(40(38)29-42(39)48)33-15-12-16-34(27-33)47-50-44-22-11-8-19-37(44)45(51-47)32-25-23-31(24-26-32)30-13-4-3-5-14-30/h3-29H,1-2H3. The first-order valence-electron chi connectivity index (χ1n) is 17.5. The third-order valence-corrected chi connectivity index (χ3v) is 10.7. The van der Waals surface area contributed by atoms with Gasteiger partial charge in [-0.1, -0.05) is 147 Å². The van der Waals surface area contributed by atoms with Crippen LogP contribution in [0.25, 0.3) is 88.7 Å². The van der Waals surface area contributed by atoms with Crippen molar-refractivity contribution in [1.29, 1.82) is 0 Å². The van der Waals surface area contributed by atoms with E-state index in [2.05, 4.69) is 166 Å². The quantitative estimate of drug-likeness (QED) is 0.178. The van der Waals surface area contributed by atoms with E-state index in [0.29, 0.717) is 5.82 Å². The molecule has 0 radical (unpaired) electrons. The van der Waals surface area contributed by atoms with Gasteiger partial charge < -0.3 is 0 Å². The van der Waals surface area contributed by atoms with Crippen molar-refractivity contribution in [2.75, 3.05) is 0 Å². The van der Waals surface area contributed by atoms with Crippen LogP contribution in [0, 0.1) is 0 Å². The highest BCUT2D eigenvalue weighted by atomic mass is 14.9. The van der Waals surface area contributed by atoms with Crippen LogP contribution in [0.2, 0.25) is 0 Å². The van der Waals surface area contributed by atoms with Gasteiger partial charge in [0.15, 0.2) is 5.82 Å². The first-order chi connectivity index (χ1) is 25.0. The number of hydrogen-bond donors (Lipinski definition) is 0. The average Bonchev–Trinajstić information content (AvgIpc) is 3.42. The number of aromatic nitrogens is 3. The van der Waals surface area contributed by atoms with E-state index in [1.165, 1.54) is 38.8 Å². The van der Waals surface area contributed by atoms with Crippen molar-refractivity contribution in [1.82, 2.24) is 15.0 Å².